The van der Waals surface area contributed by atoms with E-state index >= 15 is 0 Å². The quantitative estimate of drug-likeness (QED) is 0.696. The zero-order valence-electron chi connectivity index (χ0n) is 16.3. The second-order valence-corrected chi connectivity index (χ2v) is 9.53. The van der Waals surface area contributed by atoms with Crippen molar-refractivity contribution in [3.8, 4) is 0 Å². The van der Waals surface area contributed by atoms with Crippen molar-refractivity contribution in [2.45, 2.75) is 70.8 Å². The summed E-state index contributed by atoms with van der Waals surface area (Å²) >= 11 is 6.05. The van der Waals surface area contributed by atoms with E-state index in [2.05, 4.69) is 19.9 Å². The van der Waals surface area contributed by atoms with Crippen LogP contribution in [0.4, 0.5) is 0 Å². The molecule has 0 heterocycles. The Morgan fingerprint density at radius 1 is 1.12 bits per heavy atom. The van der Waals surface area contributed by atoms with Crippen molar-refractivity contribution in [3.05, 3.63) is 40.4 Å². The lowest BCUT2D eigenvalue weighted by Gasteiger charge is -2.51. The molecule has 2 atom stereocenters. The molecule has 2 unspecified atom stereocenters. The van der Waals surface area contributed by atoms with Gasteiger partial charge in [-0.2, -0.15) is 0 Å². The number of halogens is 1. The fourth-order valence-corrected chi connectivity index (χ4v) is 5.31. The predicted molar refractivity (Wildman–Crippen MR) is 111 cm³/mol. The topological polar surface area (TPSA) is 46.2 Å². The molecule has 2 saturated carbocycles. The van der Waals surface area contributed by atoms with E-state index in [1.165, 1.54) is 37.7 Å². The van der Waals surface area contributed by atoms with Crippen molar-refractivity contribution < 1.29 is 5.11 Å². The molecule has 2 nitrogen and oxygen atoms in total. The van der Waals surface area contributed by atoms with Crippen LogP contribution < -0.4 is 5.73 Å². The standard InChI is InChI=1S/C23H34ClNO/c1-22(2)13-12-19(16-25)23(26,15-18-6-4-3-5-7-18)21(22)14-17-8-10-20(24)11-9-17/h8-11,14,18-19,26H,3-7,12-13,15-16,25H2,1-2H3. The van der Waals surface area contributed by atoms with Gasteiger partial charge in [0.05, 0.1) is 5.60 Å². The molecule has 1 aromatic carbocycles. The third-order valence-electron chi connectivity index (χ3n) is 6.78. The van der Waals surface area contributed by atoms with Crippen molar-refractivity contribution in [1.29, 1.82) is 0 Å². The Hall–Kier alpha value is -0.830. The largest absolute Gasteiger partial charge is 0.385 e. The van der Waals surface area contributed by atoms with Crippen LogP contribution in [0.2, 0.25) is 5.02 Å². The van der Waals surface area contributed by atoms with E-state index in [9.17, 15) is 5.11 Å². The fraction of sp³-hybridized carbons (Fsp3) is 0.652. The highest BCUT2D eigenvalue weighted by Crippen LogP contribution is 2.52. The Labute approximate surface area is 163 Å². The first-order valence-corrected chi connectivity index (χ1v) is 10.6. The Bertz CT molecular complexity index is 630. The van der Waals surface area contributed by atoms with E-state index in [-0.39, 0.29) is 11.3 Å². The SMILES string of the molecule is CC1(C)CCC(CN)C(O)(CC2CCCCC2)C1=Cc1ccc(Cl)cc1. The lowest BCUT2D eigenvalue weighted by molar-refractivity contribution is -0.0459. The van der Waals surface area contributed by atoms with Crippen LogP contribution in [0.3, 0.4) is 0 Å². The molecule has 3 heteroatoms. The first-order chi connectivity index (χ1) is 12.3. The molecule has 1 aromatic rings. The first-order valence-electron chi connectivity index (χ1n) is 10.3. The Kier molecular flexibility index (Phi) is 6.16. The van der Waals surface area contributed by atoms with E-state index in [4.69, 9.17) is 17.3 Å². The smallest absolute Gasteiger partial charge is 0.0907 e. The van der Waals surface area contributed by atoms with Gasteiger partial charge in [-0.05, 0) is 60.4 Å². The van der Waals surface area contributed by atoms with Gasteiger partial charge in [0.15, 0.2) is 0 Å². The van der Waals surface area contributed by atoms with Crippen LogP contribution in [-0.2, 0) is 0 Å². The summed E-state index contributed by atoms with van der Waals surface area (Å²) in [5.41, 5.74) is 7.61. The molecule has 0 saturated heterocycles. The molecule has 0 aliphatic heterocycles. The maximum absolute atomic E-state index is 12.0. The van der Waals surface area contributed by atoms with E-state index in [0.717, 1.165) is 29.8 Å². The number of hydrogen-bond acceptors (Lipinski definition) is 2. The molecule has 144 valence electrons. The third kappa shape index (κ3) is 4.18. The second kappa shape index (κ2) is 8.04. The summed E-state index contributed by atoms with van der Waals surface area (Å²) in [7, 11) is 0. The lowest BCUT2D eigenvalue weighted by Crippen LogP contribution is -2.52. The molecule has 0 spiro atoms. The van der Waals surface area contributed by atoms with Crippen LogP contribution in [0.1, 0.15) is 70.8 Å². The molecule has 2 aliphatic carbocycles. The molecule has 0 bridgehead atoms. The van der Waals surface area contributed by atoms with Gasteiger partial charge >= 0.3 is 0 Å². The number of aliphatic hydroxyl groups is 1. The minimum Gasteiger partial charge on any atom is -0.385 e. The third-order valence-corrected chi connectivity index (χ3v) is 7.03. The minimum atomic E-state index is -0.794. The van der Waals surface area contributed by atoms with Gasteiger partial charge in [0.2, 0.25) is 0 Å². The number of benzene rings is 1. The summed E-state index contributed by atoms with van der Waals surface area (Å²) in [5, 5.41) is 12.8. The van der Waals surface area contributed by atoms with Crippen molar-refractivity contribution in [2.75, 3.05) is 6.54 Å². The highest BCUT2D eigenvalue weighted by Gasteiger charge is 2.49. The van der Waals surface area contributed by atoms with Crippen molar-refractivity contribution >= 4 is 17.7 Å². The van der Waals surface area contributed by atoms with Crippen LogP contribution in [-0.4, -0.2) is 17.3 Å². The van der Waals surface area contributed by atoms with E-state index < -0.39 is 5.60 Å². The minimum absolute atomic E-state index is 0.0191. The lowest BCUT2D eigenvalue weighted by atomic mass is 9.58. The Morgan fingerprint density at radius 2 is 1.77 bits per heavy atom. The summed E-state index contributed by atoms with van der Waals surface area (Å²) in [6.07, 6.45) is 11.6. The molecule has 0 aromatic heterocycles. The number of rotatable bonds is 4. The Morgan fingerprint density at radius 3 is 2.38 bits per heavy atom. The van der Waals surface area contributed by atoms with Gasteiger partial charge in [0.1, 0.15) is 0 Å². The van der Waals surface area contributed by atoms with Gasteiger partial charge in [0, 0.05) is 10.9 Å². The van der Waals surface area contributed by atoms with Gasteiger partial charge in [-0.15, -0.1) is 0 Å². The van der Waals surface area contributed by atoms with Crippen LogP contribution in [0, 0.1) is 17.3 Å². The molecular weight excluding hydrogens is 342 g/mol. The summed E-state index contributed by atoms with van der Waals surface area (Å²) in [4.78, 5) is 0. The van der Waals surface area contributed by atoms with Gasteiger partial charge in [0.25, 0.3) is 0 Å². The molecule has 2 fully saturated rings. The maximum atomic E-state index is 12.0. The van der Waals surface area contributed by atoms with Crippen LogP contribution in [0.5, 0.6) is 0 Å². The Balaban J connectivity index is 1.99. The van der Waals surface area contributed by atoms with Gasteiger partial charge in [-0.3, -0.25) is 0 Å². The summed E-state index contributed by atoms with van der Waals surface area (Å²) < 4.78 is 0. The van der Waals surface area contributed by atoms with Gasteiger partial charge < -0.3 is 10.8 Å². The van der Waals surface area contributed by atoms with E-state index in [1.54, 1.807) is 0 Å². The zero-order chi connectivity index (χ0) is 18.8. The predicted octanol–water partition coefficient (Wildman–Crippen LogP) is 5.82. The van der Waals surface area contributed by atoms with Crippen molar-refractivity contribution in [3.63, 3.8) is 0 Å². The number of hydrogen-bond donors (Lipinski definition) is 2. The monoisotopic (exact) mass is 375 g/mol. The first kappa shape index (κ1) is 19.9. The van der Waals surface area contributed by atoms with Crippen LogP contribution in [0.15, 0.2) is 29.8 Å². The van der Waals surface area contributed by atoms with Crippen molar-refractivity contribution in [2.24, 2.45) is 23.0 Å². The van der Waals surface area contributed by atoms with E-state index in [1.807, 2.05) is 24.3 Å². The van der Waals surface area contributed by atoms with Gasteiger partial charge in [-0.25, -0.2) is 0 Å². The normalized spacial score (nSPS) is 31.3. The average Bonchev–Trinajstić information content (AvgIpc) is 2.61. The van der Waals surface area contributed by atoms with Crippen LogP contribution >= 0.6 is 11.6 Å². The zero-order valence-corrected chi connectivity index (χ0v) is 17.1. The molecule has 3 rings (SSSR count). The molecule has 0 amide bonds. The fourth-order valence-electron chi connectivity index (χ4n) is 5.18. The molecule has 2 aliphatic rings. The van der Waals surface area contributed by atoms with Crippen molar-refractivity contribution in [1.82, 2.24) is 0 Å². The number of nitrogens with two attached hydrogens (primary N) is 1. The second-order valence-electron chi connectivity index (χ2n) is 9.10. The summed E-state index contributed by atoms with van der Waals surface area (Å²) in [6, 6.07) is 7.92. The van der Waals surface area contributed by atoms with Crippen LogP contribution in [0.25, 0.3) is 6.08 Å². The highest BCUT2D eigenvalue weighted by atomic mass is 35.5. The highest BCUT2D eigenvalue weighted by molar-refractivity contribution is 6.30. The molecule has 3 N–H and O–H groups in total. The average molecular weight is 376 g/mol. The summed E-state index contributed by atoms with van der Waals surface area (Å²) in [5.74, 6) is 0.765. The molecule has 0 radical (unpaired) electrons. The maximum Gasteiger partial charge on any atom is 0.0907 e. The van der Waals surface area contributed by atoms with E-state index in [0.29, 0.717) is 12.5 Å². The molecule has 26 heavy (non-hydrogen) atoms. The molecular formula is C23H34ClNO. The van der Waals surface area contributed by atoms with Gasteiger partial charge in [-0.1, -0.05) is 75.8 Å². The summed E-state index contributed by atoms with van der Waals surface area (Å²) in [6.45, 7) is 5.10.